The second kappa shape index (κ2) is 5.58. The average molecular weight is 339 g/mol. The summed E-state index contributed by atoms with van der Waals surface area (Å²) in [7, 11) is -2.94. The maximum Gasteiger partial charge on any atom is 0.229 e. The van der Waals surface area contributed by atoms with Gasteiger partial charge in [-0.1, -0.05) is 5.16 Å². The molecule has 1 aromatic heterocycles. The molecule has 1 saturated carbocycles. The van der Waals surface area contributed by atoms with E-state index in [1.807, 2.05) is 4.90 Å². The highest BCUT2D eigenvalue weighted by molar-refractivity contribution is 7.91. The van der Waals surface area contributed by atoms with Crippen molar-refractivity contribution in [2.24, 2.45) is 5.92 Å². The number of sulfone groups is 1. The third-order valence-corrected chi connectivity index (χ3v) is 6.88. The lowest BCUT2D eigenvalue weighted by Crippen LogP contribution is -2.32. The minimum atomic E-state index is -2.94. The Bertz CT molecular complexity index is 710. The van der Waals surface area contributed by atoms with Gasteiger partial charge in [0.25, 0.3) is 0 Å². The van der Waals surface area contributed by atoms with E-state index in [1.54, 1.807) is 0 Å². The van der Waals surface area contributed by atoms with Crippen LogP contribution in [-0.2, 0) is 14.6 Å². The first-order valence-electron chi connectivity index (χ1n) is 8.35. The van der Waals surface area contributed by atoms with Crippen molar-refractivity contribution in [3.8, 4) is 0 Å². The molecule has 7 nitrogen and oxygen atoms in total. The summed E-state index contributed by atoms with van der Waals surface area (Å²) in [5.74, 6) is 2.05. The van der Waals surface area contributed by atoms with Crippen LogP contribution in [0.5, 0.6) is 0 Å². The first-order chi connectivity index (χ1) is 11.0. The minimum absolute atomic E-state index is 0.0207. The number of carbonyl (C=O) groups excluding carboxylic acids is 1. The molecule has 0 bridgehead atoms. The largest absolute Gasteiger partial charge is 0.339 e. The van der Waals surface area contributed by atoms with Crippen molar-refractivity contribution in [2.45, 2.75) is 50.5 Å². The van der Waals surface area contributed by atoms with Crippen LogP contribution >= 0.6 is 0 Å². The zero-order valence-corrected chi connectivity index (χ0v) is 13.8. The van der Waals surface area contributed by atoms with Gasteiger partial charge in [0.15, 0.2) is 15.7 Å². The van der Waals surface area contributed by atoms with Gasteiger partial charge in [-0.2, -0.15) is 4.98 Å². The monoisotopic (exact) mass is 339 g/mol. The van der Waals surface area contributed by atoms with E-state index in [4.69, 9.17) is 4.52 Å². The van der Waals surface area contributed by atoms with Crippen molar-refractivity contribution in [1.82, 2.24) is 15.0 Å². The summed E-state index contributed by atoms with van der Waals surface area (Å²) >= 11 is 0. The van der Waals surface area contributed by atoms with E-state index in [-0.39, 0.29) is 29.4 Å². The fourth-order valence-corrected chi connectivity index (χ4v) is 5.47. The summed E-state index contributed by atoms with van der Waals surface area (Å²) in [5, 5.41) is 4.07. The molecule has 2 aliphatic heterocycles. The number of amides is 1. The minimum Gasteiger partial charge on any atom is -0.339 e. The van der Waals surface area contributed by atoms with Crippen molar-refractivity contribution in [1.29, 1.82) is 0 Å². The zero-order chi connectivity index (χ0) is 16.0. The van der Waals surface area contributed by atoms with Crippen LogP contribution < -0.4 is 0 Å². The van der Waals surface area contributed by atoms with E-state index < -0.39 is 9.84 Å². The van der Waals surface area contributed by atoms with Crippen LogP contribution in [-0.4, -0.2) is 47.4 Å². The maximum atomic E-state index is 12.6. The predicted octanol–water partition coefficient (Wildman–Crippen LogP) is 1.44. The van der Waals surface area contributed by atoms with Crippen LogP contribution in [0.15, 0.2) is 4.52 Å². The topological polar surface area (TPSA) is 93.4 Å². The van der Waals surface area contributed by atoms with Gasteiger partial charge in [-0.25, -0.2) is 8.42 Å². The highest BCUT2D eigenvalue weighted by Gasteiger charge is 2.37. The summed E-state index contributed by atoms with van der Waals surface area (Å²) in [6.07, 6.45) is 4.88. The summed E-state index contributed by atoms with van der Waals surface area (Å²) in [6.45, 7) is 0.691. The third kappa shape index (κ3) is 3.13. The molecule has 1 aliphatic carbocycles. The lowest BCUT2D eigenvalue weighted by Gasteiger charge is -2.23. The van der Waals surface area contributed by atoms with Crippen LogP contribution in [0.4, 0.5) is 0 Å². The van der Waals surface area contributed by atoms with E-state index in [1.165, 1.54) is 0 Å². The molecule has 0 radical (unpaired) electrons. The average Bonchev–Trinajstić information content (AvgIpc) is 2.93. The fourth-order valence-electron chi connectivity index (χ4n) is 3.61. The Hall–Kier alpha value is -1.44. The third-order valence-electron chi connectivity index (χ3n) is 5.05. The van der Waals surface area contributed by atoms with Crippen molar-refractivity contribution >= 4 is 15.7 Å². The van der Waals surface area contributed by atoms with Crippen LogP contribution in [0.2, 0.25) is 0 Å². The Labute approximate surface area is 135 Å². The molecule has 0 unspecified atom stereocenters. The Kier molecular flexibility index (Phi) is 3.66. The van der Waals surface area contributed by atoms with Gasteiger partial charge < -0.3 is 9.42 Å². The Morgan fingerprint density at radius 3 is 2.78 bits per heavy atom. The van der Waals surface area contributed by atoms with E-state index in [0.717, 1.165) is 25.7 Å². The number of rotatable bonds is 4. The van der Waals surface area contributed by atoms with Crippen molar-refractivity contribution < 1.29 is 17.7 Å². The van der Waals surface area contributed by atoms with E-state index in [0.29, 0.717) is 37.0 Å². The molecule has 3 aliphatic rings. The summed E-state index contributed by atoms with van der Waals surface area (Å²) in [4.78, 5) is 18.9. The lowest BCUT2D eigenvalue weighted by molar-refractivity contribution is -0.133. The Morgan fingerprint density at radius 2 is 2.09 bits per heavy atom. The van der Waals surface area contributed by atoms with Crippen molar-refractivity contribution in [3.05, 3.63) is 11.7 Å². The first-order valence-corrected chi connectivity index (χ1v) is 10.2. The molecule has 2 atom stereocenters. The molecule has 4 rings (SSSR count). The SMILES string of the molecule is O=C(C[C@@H]1CCS(=O)(=O)C1)N1CCC[C@H]1c1noc(C2CC2)n1. The van der Waals surface area contributed by atoms with Gasteiger partial charge in [0.05, 0.1) is 17.5 Å². The highest BCUT2D eigenvalue weighted by Crippen LogP contribution is 2.40. The van der Waals surface area contributed by atoms with Gasteiger partial charge in [0, 0.05) is 18.9 Å². The molecule has 23 heavy (non-hydrogen) atoms. The number of carbonyl (C=O) groups is 1. The van der Waals surface area contributed by atoms with Gasteiger partial charge in [-0.3, -0.25) is 4.79 Å². The predicted molar refractivity (Wildman–Crippen MR) is 81.3 cm³/mol. The number of nitrogens with zero attached hydrogens (tertiary/aromatic N) is 3. The van der Waals surface area contributed by atoms with Gasteiger partial charge >= 0.3 is 0 Å². The second-order valence-electron chi connectivity index (χ2n) is 6.98. The smallest absolute Gasteiger partial charge is 0.229 e. The number of likely N-dealkylation sites (tertiary alicyclic amines) is 1. The Balaban J connectivity index is 1.43. The molecule has 3 heterocycles. The highest BCUT2D eigenvalue weighted by atomic mass is 32.2. The molecule has 3 fully saturated rings. The normalized spacial score (nSPS) is 30.0. The molecule has 0 N–H and O–H groups in total. The molecular weight excluding hydrogens is 318 g/mol. The molecular formula is C15H21N3O4S. The first kappa shape index (κ1) is 15.1. The summed E-state index contributed by atoms with van der Waals surface area (Å²) in [5.41, 5.74) is 0. The maximum absolute atomic E-state index is 12.6. The van der Waals surface area contributed by atoms with Crippen molar-refractivity contribution in [3.63, 3.8) is 0 Å². The number of aromatic nitrogens is 2. The molecule has 0 spiro atoms. The van der Waals surface area contributed by atoms with Crippen LogP contribution in [0.1, 0.15) is 62.2 Å². The van der Waals surface area contributed by atoms with Crippen LogP contribution in [0, 0.1) is 5.92 Å². The van der Waals surface area contributed by atoms with Crippen LogP contribution in [0.25, 0.3) is 0 Å². The number of hydrogen-bond acceptors (Lipinski definition) is 6. The van der Waals surface area contributed by atoms with Crippen LogP contribution in [0.3, 0.4) is 0 Å². The molecule has 0 aromatic carbocycles. The molecule has 2 saturated heterocycles. The van der Waals surface area contributed by atoms with Crippen molar-refractivity contribution in [2.75, 3.05) is 18.1 Å². The number of hydrogen-bond donors (Lipinski definition) is 0. The lowest BCUT2D eigenvalue weighted by atomic mass is 10.0. The van der Waals surface area contributed by atoms with Gasteiger partial charge in [0.1, 0.15) is 0 Å². The Morgan fingerprint density at radius 1 is 1.26 bits per heavy atom. The molecule has 1 aromatic rings. The second-order valence-corrected chi connectivity index (χ2v) is 9.21. The standard InChI is InChI=1S/C15H21N3O4S/c19-13(8-10-5-7-23(20,21)9-10)18-6-1-2-12(18)14-16-15(22-17-14)11-3-4-11/h10-12H,1-9H2/t10-,12-/m0/s1. The van der Waals surface area contributed by atoms with Gasteiger partial charge in [0.2, 0.25) is 11.8 Å². The van der Waals surface area contributed by atoms with E-state index >= 15 is 0 Å². The molecule has 8 heteroatoms. The quantitative estimate of drug-likeness (QED) is 0.824. The molecule has 126 valence electrons. The van der Waals surface area contributed by atoms with E-state index in [9.17, 15) is 13.2 Å². The summed E-state index contributed by atoms with van der Waals surface area (Å²) < 4.78 is 28.4. The van der Waals surface area contributed by atoms with Gasteiger partial charge in [-0.15, -0.1) is 0 Å². The van der Waals surface area contributed by atoms with Gasteiger partial charge in [-0.05, 0) is 38.0 Å². The zero-order valence-electron chi connectivity index (χ0n) is 13.0. The summed E-state index contributed by atoms with van der Waals surface area (Å²) in [6, 6.07) is -0.114. The molecule has 1 amide bonds. The van der Waals surface area contributed by atoms with E-state index in [2.05, 4.69) is 10.1 Å². The fraction of sp³-hybridized carbons (Fsp3) is 0.800.